The predicted octanol–water partition coefficient (Wildman–Crippen LogP) is 3.72. The first-order valence-electron chi connectivity index (χ1n) is 8.81. The number of nitriles is 1. The largest absolute Gasteiger partial charge is 0.383 e. The molecule has 0 aliphatic carbocycles. The Kier molecular flexibility index (Phi) is 5.35. The molecule has 1 N–H and O–H groups in total. The van der Waals surface area contributed by atoms with Gasteiger partial charge in [-0.05, 0) is 42.2 Å². The number of hydrogen-bond acceptors (Lipinski definition) is 3. The molecule has 128 valence electrons. The molecule has 0 aromatic heterocycles. The van der Waals surface area contributed by atoms with Crippen molar-refractivity contribution in [2.45, 2.75) is 38.8 Å². The summed E-state index contributed by atoms with van der Waals surface area (Å²) in [7, 11) is 0. The summed E-state index contributed by atoms with van der Waals surface area (Å²) in [4.78, 5) is 14.7. The molecule has 1 atom stereocenters. The molecule has 1 aliphatic heterocycles. The van der Waals surface area contributed by atoms with Crippen LogP contribution in [-0.2, 0) is 17.8 Å². The summed E-state index contributed by atoms with van der Waals surface area (Å²) >= 11 is 0. The number of carbonyl (C=O) groups is 1. The van der Waals surface area contributed by atoms with Gasteiger partial charge in [-0.3, -0.25) is 4.79 Å². The van der Waals surface area contributed by atoms with Crippen molar-refractivity contribution in [3.8, 4) is 6.07 Å². The van der Waals surface area contributed by atoms with Crippen LogP contribution in [0.25, 0.3) is 0 Å². The molecular formula is C21H23N3O. The summed E-state index contributed by atoms with van der Waals surface area (Å²) in [5.41, 5.74) is 3.89. The zero-order valence-electron chi connectivity index (χ0n) is 14.5. The summed E-state index contributed by atoms with van der Waals surface area (Å²) in [5, 5.41) is 12.6. The molecule has 4 nitrogen and oxygen atoms in total. The quantitative estimate of drug-likeness (QED) is 0.927. The van der Waals surface area contributed by atoms with Crippen LogP contribution in [0, 0.1) is 11.3 Å². The third-order valence-corrected chi connectivity index (χ3v) is 4.64. The summed E-state index contributed by atoms with van der Waals surface area (Å²) in [5.74, 6) is 0.181. The zero-order chi connectivity index (χ0) is 17.6. The SMILES string of the molecule is CCCC(=O)N1Cc2cc(C#N)ccc2NC[C@H]1Cc1ccccc1. The fourth-order valence-corrected chi connectivity index (χ4v) is 3.33. The van der Waals surface area contributed by atoms with E-state index in [9.17, 15) is 4.79 Å². The first-order valence-corrected chi connectivity index (χ1v) is 8.81. The van der Waals surface area contributed by atoms with Gasteiger partial charge in [0.15, 0.2) is 0 Å². The fourth-order valence-electron chi connectivity index (χ4n) is 3.33. The van der Waals surface area contributed by atoms with Crippen molar-refractivity contribution < 1.29 is 4.79 Å². The van der Waals surface area contributed by atoms with Crippen LogP contribution >= 0.6 is 0 Å². The monoisotopic (exact) mass is 333 g/mol. The molecule has 0 fully saturated rings. The third-order valence-electron chi connectivity index (χ3n) is 4.64. The zero-order valence-corrected chi connectivity index (χ0v) is 14.5. The second kappa shape index (κ2) is 7.85. The molecule has 3 rings (SSSR count). The van der Waals surface area contributed by atoms with Crippen molar-refractivity contribution in [1.29, 1.82) is 5.26 Å². The van der Waals surface area contributed by atoms with Crippen molar-refractivity contribution in [2.24, 2.45) is 0 Å². The summed E-state index contributed by atoms with van der Waals surface area (Å²) in [6.07, 6.45) is 2.22. The second-order valence-corrected chi connectivity index (χ2v) is 6.48. The van der Waals surface area contributed by atoms with E-state index in [2.05, 4.69) is 23.5 Å². The molecule has 1 heterocycles. The van der Waals surface area contributed by atoms with E-state index >= 15 is 0 Å². The maximum atomic E-state index is 12.7. The van der Waals surface area contributed by atoms with Crippen molar-refractivity contribution in [2.75, 3.05) is 11.9 Å². The number of hydrogen-bond donors (Lipinski definition) is 1. The van der Waals surface area contributed by atoms with Crippen LogP contribution in [-0.4, -0.2) is 23.4 Å². The number of amides is 1. The van der Waals surface area contributed by atoms with Crippen molar-refractivity contribution >= 4 is 11.6 Å². The molecule has 0 spiro atoms. The predicted molar refractivity (Wildman–Crippen MR) is 99.0 cm³/mol. The molecule has 2 aromatic carbocycles. The van der Waals surface area contributed by atoms with Gasteiger partial charge >= 0.3 is 0 Å². The van der Waals surface area contributed by atoms with Crippen molar-refractivity contribution in [1.82, 2.24) is 4.90 Å². The van der Waals surface area contributed by atoms with Gasteiger partial charge in [0.05, 0.1) is 17.7 Å². The lowest BCUT2D eigenvalue weighted by atomic mass is 10.0. The van der Waals surface area contributed by atoms with Crippen LogP contribution in [0.15, 0.2) is 48.5 Å². The minimum absolute atomic E-state index is 0.0967. The number of nitrogens with zero attached hydrogens (tertiary/aromatic N) is 2. The molecule has 1 aliphatic rings. The van der Waals surface area contributed by atoms with Gasteiger partial charge in [-0.25, -0.2) is 0 Å². The number of nitrogens with one attached hydrogen (secondary N) is 1. The van der Waals surface area contributed by atoms with E-state index in [1.807, 2.05) is 48.2 Å². The molecule has 2 aromatic rings. The smallest absolute Gasteiger partial charge is 0.223 e. The van der Waals surface area contributed by atoms with Crippen LogP contribution in [0.1, 0.15) is 36.5 Å². The molecule has 0 bridgehead atoms. The second-order valence-electron chi connectivity index (χ2n) is 6.48. The normalized spacial score (nSPS) is 16.3. The molecule has 0 saturated heterocycles. The average molecular weight is 333 g/mol. The Labute approximate surface area is 149 Å². The fraction of sp³-hybridized carbons (Fsp3) is 0.333. The first kappa shape index (κ1) is 17.0. The van der Waals surface area contributed by atoms with Gasteiger partial charge in [-0.2, -0.15) is 5.26 Å². The highest BCUT2D eigenvalue weighted by molar-refractivity contribution is 5.77. The number of fused-ring (bicyclic) bond motifs is 1. The molecular weight excluding hydrogens is 310 g/mol. The summed E-state index contributed by atoms with van der Waals surface area (Å²) in [6, 6.07) is 18.2. The van der Waals surface area contributed by atoms with Gasteiger partial charge < -0.3 is 10.2 Å². The minimum atomic E-state index is 0.0967. The van der Waals surface area contributed by atoms with Gasteiger partial charge in [-0.15, -0.1) is 0 Å². The summed E-state index contributed by atoms with van der Waals surface area (Å²) < 4.78 is 0. The first-order chi connectivity index (χ1) is 12.2. The van der Waals surface area contributed by atoms with Crippen molar-refractivity contribution in [3.05, 3.63) is 65.2 Å². The van der Waals surface area contributed by atoms with Crippen molar-refractivity contribution in [3.63, 3.8) is 0 Å². The Balaban J connectivity index is 1.89. The number of carbonyl (C=O) groups excluding carboxylic acids is 1. The van der Waals surface area contributed by atoms with Gasteiger partial charge in [-0.1, -0.05) is 37.3 Å². The van der Waals surface area contributed by atoms with Gasteiger partial charge in [0.25, 0.3) is 0 Å². The standard InChI is InChI=1S/C21H23N3O/c1-2-6-21(25)24-15-18-11-17(13-22)9-10-20(18)23-14-19(24)12-16-7-4-3-5-8-16/h3-5,7-11,19,23H,2,6,12,14-15H2,1H3/t19-/m1/s1. The topological polar surface area (TPSA) is 56.1 Å². The van der Waals surface area contributed by atoms with Gasteiger partial charge in [0, 0.05) is 25.2 Å². The van der Waals surface area contributed by atoms with E-state index in [4.69, 9.17) is 5.26 Å². The Morgan fingerprint density at radius 1 is 1.28 bits per heavy atom. The molecule has 4 heteroatoms. The number of benzene rings is 2. The maximum Gasteiger partial charge on any atom is 0.223 e. The summed E-state index contributed by atoms with van der Waals surface area (Å²) in [6.45, 7) is 3.29. The van der Waals surface area contributed by atoms with Gasteiger partial charge in [0.2, 0.25) is 5.91 Å². The van der Waals surface area contributed by atoms with Crippen LogP contribution < -0.4 is 5.32 Å². The van der Waals surface area contributed by atoms with Crippen LogP contribution in [0.3, 0.4) is 0 Å². The molecule has 25 heavy (non-hydrogen) atoms. The molecule has 1 amide bonds. The lowest BCUT2D eigenvalue weighted by Gasteiger charge is -2.30. The molecule has 0 radical (unpaired) electrons. The lowest BCUT2D eigenvalue weighted by molar-refractivity contribution is -0.133. The Hall–Kier alpha value is -2.80. The number of rotatable bonds is 4. The Bertz CT molecular complexity index is 779. The van der Waals surface area contributed by atoms with Gasteiger partial charge in [0.1, 0.15) is 0 Å². The minimum Gasteiger partial charge on any atom is -0.383 e. The highest BCUT2D eigenvalue weighted by Gasteiger charge is 2.27. The van der Waals surface area contributed by atoms with E-state index in [1.54, 1.807) is 0 Å². The molecule has 0 saturated carbocycles. The maximum absolute atomic E-state index is 12.7. The highest BCUT2D eigenvalue weighted by atomic mass is 16.2. The Morgan fingerprint density at radius 3 is 2.80 bits per heavy atom. The van der Waals surface area contributed by atoms with E-state index in [0.717, 1.165) is 24.1 Å². The van der Waals surface area contributed by atoms with E-state index in [1.165, 1.54) is 5.56 Å². The van der Waals surface area contributed by atoms with Crippen LogP contribution in [0.4, 0.5) is 5.69 Å². The van der Waals surface area contributed by atoms with Crippen LogP contribution in [0.5, 0.6) is 0 Å². The average Bonchev–Trinajstić information content (AvgIpc) is 2.82. The molecule has 0 unspecified atom stereocenters. The third kappa shape index (κ3) is 4.00. The number of anilines is 1. The Morgan fingerprint density at radius 2 is 2.08 bits per heavy atom. The van der Waals surface area contributed by atoms with E-state index in [0.29, 0.717) is 25.1 Å². The lowest BCUT2D eigenvalue weighted by Crippen LogP contribution is -2.43. The van der Waals surface area contributed by atoms with E-state index < -0.39 is 0 Å². The van der Waals surface area contributed by atoms with E-state index in [-0.39, 0.29) is 11.9 Å². The van der Waals surface area contributed by atoms with Crippen LogP contribution in [0.2, 0.25) is 0 Å². The highest BCUT2D eigenvalue weighted by Crippen LogP contribution is 2.26.